The van der Waals surface area contributed by atoms with E-state index in [0.717, 1.165) is 36.5 Å². The van der Waals surface area contributed by atoms with Crippen molar-refractivity contribution in [1.29, 1.82) is 0 Å². The first-order valence-corrected chi connectivity index (χ1v) is 8.36. The van der Waals surface area contributed by atoms with Gasteiger partial charge in [-0.1, -0.05) is 31.4 Å². The molecule has 2 rings (SSSR count). The molecular weight excluding hydrogens is 279 g/mol. The van der Waals surface area contributed by atoms with Gasteiger partial charge in [0.2, 0.25) is 0 Å². The number of hydrogen-bond donors (Lipinski definition) is 0. The van der Waals surface area contributed by atoms with Crippen molar-refractivity contribution >= 4 is 23.2 Å². The summed E-state index contributed by atoms with van der Waals surface area (Å²) in [5.74, 6) is 0.712. The third-order valence-electron chi connectivity index (χ3n) is 4.26. The molecule has 1 aromatic rings. The molecule has 1 heterocycles. The van der Waals surface area contributed by atoms with E-state index in [1.165, 1.54) is 31.4 Å². The van der Waals surface area contributed by atoms with E-state index in [-0.39, 0.29) is 0 Å². The fourth-order valence-corrected chi connectivity index (χ4v) is 3.81. The second-order valence-corrected chi connectivity index (χ2v) is 6.41. The van der Waals surface area contributed by atoms with Gasteiger partial charge in [-0.3, -0.25) is 4.68 Å². The van der Waals surface area contributed by atoms with E-state index in [2.05, 4.69) is 18.9 Å². The Kier molecular flexibility index (Phi) is 5.58. The van der Waals surface area contributed by atoms with Gasteiger partial charge in [-0.15, -0.1) is 11.6 Å². The minimum Gasteiger partial charge on any atom is -0.268 e. The average Bonchev–Trinajstić information content (AvgIpc) is 3.04. The van der Waals surface area contributed by atoms with E-state index in [1.54, 1.807) is 0 Å². The molecule has 1 aromatic heterocycles. The van der Waals surface area contributed by atoms with Gasteiger partial charge in [0.25, 0.3) is 0 Å². The second kappa shape index (κ2) is 6.99. The molecule has 0 spiro atoms. The molecule has 0 aromatic carbocycles. The number of nitrogens with zero attached hydrogens (tertiary/aromatic N) is 2. The van der Waals surface area contributed by atoms with Gasteiger partial charge in [0.15, 0.2) is 0 Å². The summed E-state index contributed by atoms with van der Waals surface area (Å²) in [5.41, 5.74) is 2.19. The third-order valence-corrected chi connectivity index (χ3v) is 5.27. The Balaban J connectivity index is 1.99. The SMILES string of the molecule is CCc1nn(CC)c(CCC(Cl)C2CCCC2)c1Cl. The predicted molar refractivity (Wildman–Crippen MR) is 82.2 cm³/mol. The van der Waals surface area contributed by atoms with Crippen molar-refractivity contribution in [2.24, 2.45) is 5.92 Å². The Morgan fingerprint density at radius 3 is 2.58 bits per heavy atom. The molecule has 0 bridgehead atoms. The highest BCUT2D eigenvalue weighted by atomic mass is 35.5. The minimum atomic E-state index is 0.295. The van der Waals surface area contributed by atoms with E-state index < -0.39 is 0 Å². The highest BCUT2D eigenvalue weighted by Gasteiger charge is 2.24. The number of aryl methyl sites for hydroxylation is 2. The van der Waals surface area contributed by atoms with Crippen LogP contribution in [-0.4, -0.2) is 15.2 Å². The summed E-state index contributed by atoms with van der Waals surface area (Å²) in [5, 5.41) is 5.72. The van der Waals surface area contributed by atoms with Gasteiger partial charge < -0.3 is 0 Å². The quantitative estimate of drug-likeness (QED) is 0.687. The number of halogens is 2. The number of hydrogen-bond acceptors (Lipinski definition) is 1. The van der Waals surface area contributed by atoms with Crippen molar-refractivity contribution in [1.82, 2.24) is 9.78 Å². The van der Waals surface area contributed by atoms with Gasteiger partial charge in [-0.2, -0.15) is 5.10 Å². The van der Waals surface area contributed by atoms with Crippen molar-refractivity contribution < 1.29 is 0 Å². The lowest BCUT2D eigenvalue weighted by atomic mass is 9.99. The predicted octanol–water partition coefficient (Wildman–Crippen LogP) is 4.85. The molecule has 0 aliphatic heterocycles. The molecule has 1 unspecified atom stereocenters. The van der Waals surface area contributed by atoms with Crippen molar-refractivity contribution in [3.8, 4) is 0 Å². The van der Waals surface area contributed by atoms with Crippen LogP contribution in [0.3, 0.4) is 0 Å². The molecule has 2 nitrogen and oxygen atoms in total. The normalized spacial score (nSPS) is 18.1. The first-order valence-electron chi connectivity index (χ1n) is 7.55. The standard InChI is InChI=1S/C15H24Cl2N2/c1-3-13-15(17)14(19(4-2)18-13)10-9-12(16)11-7-5-6-8-11/h11-12H,3-10H2,1-2H3. The molecule has 108 valence electrons. The molecule has 0 amide bonds. The van der Waals surface area contributed by atoms with Gasteiger partial charge in [0.1, 0.15) is 0 Å². The average molecular weight is 303 g/mol. The van der Waals surface area contributed by atoms with Crippen LogP contribution in [0, 0.1) is 5.92 Å². The molecule has 0 radical (unpaired) electrons. The smallest absolute Gasteiger partial charge is 0.0849 e. The number of rotatable bonds is 6. The van der Waals surface area contributed by atoms with E-state index in [0.29, 0.717) is 11.3 Å². The monoisotopic (exact) mass is 302 g/mol. The molecule has 4 heteroatoms. The van der Waals surface area contributed by atoms with Gasteiger partial charge in [-0.25, -0.2) is 0 Å². The van der Waals surface area contributed by atoms with Crippen molar-refractivity contribution in [2.45, 2.75) is 70.7 Å². The van der Waals surface area contributed by atoms with Crippen LogP contribution in [0.15, 0.2) is 0 Å². The van der Waals surface area contributed by atoms with Crippen LogP contribution < -0.4 is 0 Å². The summed E-state index contributed by atoms with van der Waals surface area (Å²) in [6, 6.07) is 0. The van der Waals surface area contributed by atoms with Gasteiger partial charge >= 0.3 is 0 Å². The maximum atomic E-state index is 6.55. The van der Waals surface area contributed by atoms with Gasteiger partial charge in [-0.05, 0) is 44.9 Å². The van der Waals surface area contributed by atoms with Gasteiger partial charge in [0.05, 0.1) is 16.4 Å². The Bertz CT molecular complexity index is 409. The first-order chi connectivity index (χ1) is 9.17. The minimum absolute atomic E-state index is 0.295. The Hall–Kier alpha value is -0.210. The largest absolute Gasteiger partial charge is 0.268 e. The van der Waals surface area contributed by atoms with Crippen LogP contribution in [0.1, 0.15) is 57.3 Å². The number of aromatic nitrogens is 2. The molecule has 0 saturated heterocycles. The first kappa shape index (κ1) is 15.2. The van der Waals surface area contributed by atoms with Crippen molar-refractivity contribution in [3.63, 3.8) is 0 Å². The lowest BCUT2D eigenvalue weighted by Gasteiger charge is -2.16. The van der Waals surface area contributed by atoms with E-state index in [9.17, 15) is 0 Å². The van der Waals surface area contributed by atoms with Crippen LogP contribution in [-0.2, 0) is 19.4 Å². The van der Waals surface area contributed by atoms with Crippen LogP contribution in [0.25, 0.3) is 0 Å². The summed E-state index contributed by atoms with van der Waals surface area (Å²) in [7, 11) is 0. The lowest BCUT2D eigenvalue weighted by molar-refractivity contribution is 0.484. The highest BCUT2D eigenvalue weighted by molar-refractivity contribution is 6.31. The van der Waals surface area contributed by atoms with Crippen LogP contribution >= 0.6 is 23.2 Å². The van der Waals surface area contributed by atoms with Crippen LogP contribution in [0.2, 0.25) is 5.02 Å². The zero-order chi connectivity index (χ0) is 13.8. The van der Waals surface area contributed by atoms with E-state index >= 15 is 0 Å². The fraction of sp³-hybridized carbons (Fsp3) is 0.800. The molecule has 1 fully saturated rings. The molecule has 1 aliphatic carbocycles. The zero-order valence-electron chi connectivity index (χ0n) is 12.0. The van der Waals surface area contributed by atoms with Crippen LogP contribution in [0.5, 0.6) is 0 Å². The molecular formula is C15H24Cl2N2. The molecule has 1 aliphatic rings. The summed E-state index contributed by atoms with van der Waals surface area (Å²) >= 11 is 13.0. The second-order valence-electron chi connectivity index (χ2n) is 5.48. The van der Waals surface area contributed by atoms with Crippen LogP contribution in [0.4, 0.5) is 0 Å². The van der Waals surface area contributed by atoms with E-state index in [1.807, 2.05) is 4.68 Å². The molecule has 1 atom stereocenters. The third kappa shape index (κ3) is 3.46. The highest BCUT2D eigenvalue weighted by Crippen LogP contribution is 2.33. The van der Waals surface area contributed by atoms with Crippen molar-refractivity contribution in [3.05, 3.63) is 16.4 Å². The number of alkyl halides is 1. The Morgan fingerprint density at radius 2 is 2.00 bits per heavy atom. The van der Waals surface area contributed by atoms with E-state index in [4.69, 9.17) is 23.2 Å². The summed E-state index contributed by atoms with van der Waals surface area (Å²) in [4.78, 5) is 0. The summed E-state index contributed by atoms with van der Waals surface area (Å²) < 4.78 is 2.04. The Morgan fingerprint density at radius 1 is 1.32 bits per heavy atom. The lowest BCUT2D eigenvalue weighted by Crippen LogP contribution is -2.14. The van der Waals surface area contributed by atoms with Crippen molar-refractivity contribution in [2.75, 3.05) is 0 Å². The van der Waals surface area contributed by atoms with Gasteiger partial charge in [0, 0.05) is 11.9 Å². The topological polar surface area (TPSA) is 17.8 Å². The molecule has 1 saturated carbocycles. The zero-order valence-corrected chi connectivity index (χ0v) is 13.5. The maximum absolute atomic E-state index is 6.55. The maximum Gasteiger partial charge on any atom is 0.0849 e. The Labute approximate surface area is 126 Å². The summed E-state index contributed by atoms with van der Waals surface area (Å²) in [6.07, 6.45) is 8.16. The summed E-state index contributed by atoms with van der Waals surface area (Å²) in [6.45, 7) is 5.09. The molecule has 0 N–H and O–H groups in total. The molecule has 19 heavy (non-hydrogen) atoms. The fourth-order valence-electron chi connectivity index (χ4n) is 3.09.